The predicted octanol–water partition coefficient (Wildman–Crippen LogP) is 3.46. The Balaban J connectivity index is 1.87. The molecule has 96 valence electrons. The highest BCUT2D eigenvalue weighted by Crippen LogP contribution is 2.34. The first kappa shape index (κ1) is 13.0. The van der Waals surface area contributed by atoms with E-state index in [1.807, 2.05) is 11.9 Å². The number of allylic oxidation sites excluding steroid dienone is 2. The molecule has 0 aromatic carbocycles. The largest absolute Gasteiger partial charge is 0.399 e. The zero-order valence-electron chi connectivity index (χ0n) is 11.0. The van der Waals surface area contributed by atoms with Crippen molar-refractivity contribution in [2.75, 3.05) is 12.3 Å². The second-order valence-corrected chi connectivity index (χ2v) is 6.68. The second kappa shape index (κ2) is 5.49. The van der Waals surface area contributed by atoms with Crippen molar-refractivity contribution in [3.63, 3.8) is 0 Å². The molecular formula is C14H24N2S. The summed E-state index contributed by atoms with van der Waals surface area (Å²) in [7, 11) is 0. The third-order valence-electron chi connectivity index (χ3n) is 3.70. The number of hydrogen-bond acceptors (Lipinski definition) is 3. The highest BCUT2D eigenvalue weighted by Gasteiger charge is 2.30. The van der Waals surface area contributed by atoms with Crippen LogP contribution in [-0.2, 0) is 0 Å². The Labute approximate surface area is 109 Å². The second-order valence-electron chi connectivity index (χ2n) is 5.69. The molecule has 0 unspecified atom stereocenters. The maximum absolute atomic E-state index is 5.85. The first-order valence-corrected chi connectivity index (χ1v) is 7.58. The average Bonchev–Trinajstić information content (AvgIpc) is 2.27. The minimum Gasteiger partial charge on any atom is -0.399 e. The molecule has 0 spiro atoms. The van der Waals surface area contributed by atoms with Crippen LogP contribution in [0.2, 0.25) is 0 Å². The molecule has 0 atom stereocenters. The van der Waals surface area contributed by atoms with E-state index in [-0.39, 0.29) is 0 Å². The first-order valence-electron chi connectivity index (χ1n) is 6.63. The molecule has 1 fully saturated rings. The molecule has 2 nitrogen and oxygen atoms in total. The van der Waals surface area contributed by atoms with Gasteiger partial charge in [0.1, 0.15) is 0 Å². The zero-order valence-corrected chi connectivity index (χ0v) is 11.9. The van der Waals surface area contributed by atoms with Crippen LogP contribution in [0.3, 0.4) is 0 Å². The third kappa shape index (κ3) is 3.52. The van der Waals surface area contributed by atoms with Crippen molar-refractivity contribution in [2.45, 2.75) is 51.5 Å². The van der Waals surface area contributed by atoms with E-state index in [4.69, 9.17) is 5.73 Å². The Morgan fingerprint density at radius 3 is 2.94 bits per heavy atom. The summed E-state index contributed by atoms with van der Waals surface area (Å²) >= 11 is 2.00. The third-order valence-corrected chi connectivity index (χ3v) is 5.19. The highest BCUT2D eigenvalue weighted by molar-refractivity contribution is 7.97. The Hall–Kier alpha value is -0.410. The fourth-order valence-corrected chi connectivity index (χ4v) is 3.79. The maximum atomic E-state index is 5.85. The van der Waals surface area contributed by atoms with Crippen LogP contribution in [0.25, 0.3) is 0 Å². The molecular weight excluding hydrogens is 228 g/mol. The monoisotopic (exact) mass is 252 g/mol. The molecule has 0 aromatic heterocycles. The van der Waals surface area contributed by atoms with Crippen molar-refractivity contribution >= 4 is 11.9 Å². The number of hydrogen-bond donors (Lipinski definition) is 1. The highest BCUT2D eigenvalue weighted by atomic mass is 32.2. The molecule has 1 aliphatic carbocycles. The summed E-state index contributed by atoms with van der Waals surface area (Å²) in [6, 6.07) is 0. The van der Waals surface area contributed by atoms with Crippen molar-refractivity contribution in [3.05, 3.63) is 23.4 Å². The summed E-state index contributed by atoms with van der Waals surface area (Å²) < 4.78 is 2.58. The molecule has 0 aromatic rings. The minimum absolute atomic E-state index is 0.361. The lowest BCUT2D eigenvalue weighted by Gasteiger charge is -2.41. The van der Waals surface area contributed by atoms with Gasteiger partial charge in [-0.05, 0) is 45.6 Å². The van der Waals surface area contributed by atoms with Crippen LogP contribution < -0.4 is 5.73 Å². The van der Waals surface area contributed by atoms with Gasteiger partial charge < -0.3 is 5.73 Å². The summed E-state index contributed by atoms with van der Waals surface area (Å²) in [4.78, 5) is 0. The lowest BCUT2D eigenvalue weighted by molar-refractivity contribution is 0.186. The Kier molecular flexibility index (Phi) is 4.21. The van der Waals surface area contributed by atoms with Gasteiger partial charge in [0.15, 0.2) is 0 Å². The Morgan fingerprint density at radius 1 is 1.41 bits per heavy atom. The Bertz CT molecular complexity index is 331. The van der Waals surface area contributed by atoms with Gasteiger partial charge in [0, 0.05) is 23.5 Å². The fourth-order valence-electron chi connectivity index (χ4n) is 2.55. The van der Waals surface area contributed by atoms with Gasteiger partial charge in [-0.15, -0.1) is 0 Å². The van der Waals surface area contributed by atoms with Crippen LogP contribution in [0.1, 0.15) is 46.0 Å². The van der Waals surface area contributed by atoms with E-state index in [9.17, 15) is 0 Å². The molecule has 3 heteroatoms. The summed E-state index contributed by atoms with van der Waals surface area (Å²) in [6.45, 7) is 5.96. The van der Waals surface area contributed by atoms with Gasteiger partial charge >= 0.3 is 0 Å². The quantitative estimate of drug-likeness (QED) is 0.780. The number of nitrogens with zero attached hydrogens (tertiary/aromatic N) is 1. The van der Waals surface area contributed by atoms with Gasteiger partial charge in [0.25, 0.3) is 0 Å². The molecule has 0 saturated carbocycles. The molecule has 0 bridgehead atoms. The van der Waals surface area contributed by atoms with Crippen LogP contribution in [0.15, 0.2) is 23.4 Å². The molecule has 1 aliphatic heterocycles. The molecule has 2 aliphatic rings. The van der Waals surface area contributed by atoms with Gasteiger partial charge in [-0.1, -0.05) is 30.0 Å². The van der Waals surface area contributed by atoms with E-state index in [2.05, 4.69) is 30.3 Å². The van der Waals surface area contributed by atoms with Crippen LogP contribution in [0, 0.1) is 0 Å². The van der Waals surface area contributed by atoms with Gasteiger partial charge in [-0.25, -0.2) is 4.31 Å². The Morgan fingerprint density at radius 2 is 2.24 bits per heavy atom. The van der Waals surface area contributed by atoms with Gasteiger partial charge in [0.2, 0.25) is 0 Å². The van der Waals surface area contributed by atoms with Gasteiger partial charge in [-0.2, -0.15) is 0 Å². The number of nitrogens with two attached hydrogens (primary N) is 1. The summed E-state index contributed by atoms with van der Waals surface area (Å²) in [5, 5.41) is 0. The minimum atomic E-state index is 0.361. The van der Waals surface area contributed by atoms with Crippen molar-refractivity contribution in [1.82, 2.24) is 4.31 Å². The fraction of sp³-hybridized carbons (Fsp3) is 0.714. The molecule has 0 radical (unpaired) electrons. The molecule has 0 amide bonds. The summed E-state index contributed by atoms with van der Waals surface area (Å²) in [5.41, 5.74) is 8.66. The van der Waals surface area contributed by atoms with Crippen LogP contribution in [0.4, 0.5) is 0 Å². The predicted molar refractivity (Wildman–Crippen MR) is 76.7 cm³/mol. The summed E-state index contributed by atoms with van der Waals surface area (Å²) in [5.74, 6) is 1.11. The molecule has 1 heterocycles. The number of rotatable bonds is 3. The lowest BCUT2D eigenvalue weighted by atomic mass is 9.93. The average molecular weight is 252 g/mol. The van der Waals surface area contributed by atoms with Gasteiger partial charge in [0.05, 0.1) is 0 Å². The molecule has 17 heavy (non-hydrogen) atoms. The van der Waals surface area contributed by atoms with Crippen molar-refractivity contribution in [1.29, 1.82) is 0 Å². The summed E-state index contributed by atoms with van der Waals surface area (Å²) in [6.07, 6.45) is 10.6. The maximum Gasteiger partial charge on any atom is 0.0295 e. The van der Waals surface area contributed by atoms with E-state index in [1.54, 1.807) is 0 Å². The van der Waals surface area contributed by atoms with E-state index in [1.165, 1.54) is 37.8 Å². The normalized spacial score (nSPS) is 25.3. The van der Waals surface area contributed by atoms with E-state index in [0.717, 1.165) is 17.9 Å². The van der Waals surface area contributed by atoms with E-state index >= 15 is 0 Å². The van der Waals surface area contributed by atoms with Crippen molar-refractivity contribution in [3.8, 4) is 0 Å². The zero-order chi connectivity index (χ0) is 12.3. The lowest BCUT2D eigenvalue weighted by Crippen LogP contribution is -2.43. The van der Waals surface area contributed by atoms with Crippen LogP contribution in [-0.4, -0.2) is 22.1 Å². The van der Waals surface area contributed by atoms with Crippen LogP contribution >= 0.6 is 11.9 Å². The smallest absolute Gasteiger partial charge is 0.0295 e. The van der Waals surface area contributed by atoms with Crippen molar-refractivity contribution < 1.29 is 0 Å². The van der Waals surface area contributed by atoms with Gasteiger partial charge in [-0.3, -0.25) is 0 Å². The first-order chi connectivity index (χ1) is 8.08. The topological polar surface area (TPSA) is 29.3 Å². The molecule has 2 rings (SSSR count). The molecule has 2 N–H and O–H groups in total. The van der Waals surface area contributed by atoms with Crippen molar-refractivity contribution in [2.24, 2.45) is 5.73 Å². The van der Waals surface area contributed by atoms with E-state index < -0.39 is 0 Å². The van der Waals surface area contributed by atoms with E-state index in [0.29, 0.717) is 5.54 Å². The number of piperidine rings is 1. The molecule has 1 saturated heterocycles. The SMILES string of the molecule is CC1(C)CCCCN1SCC1=CC(N)=CCC1. The standard InChI is InChI=1S/C14H24N2S/c1-14(2)8-3-4-9-16(14)17-11-12-6-5-7-13(15)10-12/h7,10H,3-6,8-9,11,15H2,1-2H3. The van der Waals surface area contributed by atoms with Crippen LogP contribution in [0.5, 0.6) is 0 Å².